The number of aromatic nitrogens is 3. The van der Waals surface area contributed by atoms with Gasteiger partial charge in [0, 0.05) is 12.6 Å². The summed E-state index contributed by atoms with van der Waals surface area (Å²) in [7, 11) is -3.32. The molecule has 1 rings (SSSR count). The minimum atomic E-state index is -3.32. The van der Waals surface area contributed by atoms with Crippen molar-refractivity contribution < 1.29 is 8.42 Å². The van der Waals surface area contributed by atoms with Crippen LogP contribution in [0.1, 0.15) is 13.8 Å². The van der Waals surface area contributed by atoms with Crippen molar-refractivity contribution in [1.82, 2.24) is 19.7 Å². The number of hydrogen-bond acceptors (Lipinski definition) is 6. The smallest absolute Gasteiger partial charge is 0.228 e. The summed E-state index contributed by atoms with van der Waals surface area (Å²) in [6, 6.07) is -0.143. The second-order valence-corrected chi connectivity index (χ2v) is 6.26. The van der Waals surface area contributed by atoms with Gasteiger partial charge >= 0.3 is 0 Å². The molecule has 7 nitrogen and oxygen atoms in total. The van der Waals surface area contributed by atoms with Gasteiger partial charge in [-0.25, -0.2) is 13.1 Å². The Kier molecular flexibility index (Phi) is 5.51. The van der Waals surface area contributed by atoms with E-state index in [1.54, 1.807) is 13.8 Å². The van der Waals surface area contributed by atoms with Gasteiger partial charge in [-0.1, -0.05) is 0 Å². The maximum Gasteiger partial charge on any atom is 0.228 e. The van der Waals surface area contributed by atoms with Crippen molar-refractivity contribution >= 4 is 39.2 Å². The quantitative estimate of drug-likeness (QED) is 0.810. The Morgan fingerprint density at radius 1 is 1.17 bits per heavy atom. The summed E-state index contributed by atoms with van der Waals surface area (Å²) in [5, 5.41) is 2.60. The molecule has 0 bridgehead atoms. The lowest BCUT2D eigenvalue weighted by atomic mass is 10.4. The number of nitrogens with zero attached hydrogens (tertiary/aromatic N) is 3. The van der Waals surface area contributed by atoms with Crippen LogP contribution in [0.2, 0.25) is 10.6 Å². The molecule has 0 saturated carbocycles. The largest absolute Gasteiger partial charge is 0.353 e. The van der Waals surface area contributed by atoms with Crippen LogP contribution >= 0.6 is 23.2 Å². The Balaban J connectivity index is 2.51. The zero-order valence-corrected chi connectivity index (χ0v) is 12.1. The SMILES string of the molecule is CC(C)NS(=O)(=O)CCNc1nc(Cl)nc(Cl)n1. The number of nitrogens with one attached hydrogen (secondary N) is 2. The number of anilines is 1. The normalized spacial score (nSPS) is 11.8. The Bertz CT molecular complexity index is 488. The summed E-state index contributed by atoms with van der Waals surface area (Å²) in [6.07, 6.45) is 0. The maximum absolute atomic E-state index is 11.5. The van der Waals surface area contributed by atoms with E-state index in [2.05, 4.69) is 25.0 Å². The summed E-state index contributed by atoms with van der Waals surface area (Å²) < 4.78 is 25.5. The van der Waals surface area contributed by atoms with Gasteiger partial charge in [0.2, 0.25) is 26.5 Å². The van der Waals surface area contributed by atoms with Gasteiger partial charge in [0.25, 0.3) is 0 Å². The number of hydrogen-bond donors (Lipinski definition) is 2. The van der Waals surface area contributed by atoms with Gasteiger partial charge in [-0.2, -0.15) is 15.0 Å². The lowest BCUT2D eigenvalue weighted by Gasteiger charge is -2.09. The van der Waals surface area contributed by atoms with Crippen molar-refractivity contribution in [2.24, 2.45) is 0 Å². The zero-order chi connectivity index (χ0) is 13.8. The van der Waals surface area contributed by atoms with E-state index >= 15 is 0 Å². The monoisotopic (exact) mass is 313 g/mol. The standard InChI is InChI=1S/C8H13Cl2N5O2S/c1-5(2)15-18(16,17)4-3-11-8-13-6(9)12-7(10)14-8/h5,15H,3-4H2,1-2H3,(H,11,12,13,14). The van der Waals surface area contributed by atoms with Crippen molar-refractivity contribution in [3.05, 3.63) is 10.6 Å². The zero-order valence-electron chi connectivity index (χ0n) is 9.81. The molecule has 0 aliphatic carbocycles. The minimum absolute atomic E-state index is 0.0549. The fraction of sp³-hybridized carbons (Fsp3) is 0.625. The molecular weight excluding hydrogens is 301 g/mol. The molecule has 1 aromatic heterocycles. The van der Waals surface area contributed by atoms with Gasteiger partial charge in [-0.05, 0) is 37.0 Å². The van der Waals surface area contributed by atoms with Crippen LogP contribution in [0.25, 0.3) is 0 Å². The molecule has 0 atom stereocenters. The maximum atomic E-state index is 11.5. The molecule has 10 heteroatoms. The predicted molar refractivity (Wildman–Crippen MR) is 70.4 cm³/mol. The molecule has 0 spiro atoms. The van der Waals surface area contributed by atoms with E-state index in [0.717, 1.165) is 0 Å². The molecule has 0 radical (unpaired) electrons. The first-order valence-corrected chi connectivity index (χ1v) is 7.50. The van der Waals surface area contributed by atoms with Crippen molar-refractivity contribution in [3.63, 3.8) is 0 Å². The molecule has 102 valence electrons. The average molecular weight is 314 g/mol. The van der Waals surface area contributed by atoms with Gasteiger partial charge in [0.1, 0.15) is 0 Å². The first kappa shape index (κ1) is 15.4. The molecule has 0 unspecified atom stereocenters. The highest BCUT2D eigenvalue weighted by Gasteiger charge is 2.11. The number of sulfonamides is 1. The molecule has 0 saturated heterocycles. The molecule has 18 heavy (non-hydrogen) atoms. The summed E-state index contributed by atoms with van der Waals surface area (Å²) in [5.74, 6) is 0.0336. The van der Waals surface area contributed by atoms with E-state index in [-0.39, 0.29) is 34.9 Å². The van der Waals surface area contributed by atoms with Crippen LogP contribution in [-0.2, 0) is 10.0 Å². The number of halogens is 2. The van der Waals surface area contributed by atoms with Gasteiger partial charge in [-0.15, -0.1) is 0 Å². The summed E-state index contributed by atoms with van der Waals surface area (Å²) in [5.41, 5.74) is 0. The first-order valence-electron chi connectivity index (χ1n) is 5.09. The lowest BCUT2D eigenvalue weighted by Crippen LogP contribution is -2.34. The van der Waals surface area contributed by atoms with E-state index in [9.17, 15) is 8.42 Å². The fourth-order valence-electron chi connectivity index (χ4n) is 1.12. The van der Waals surface area contributed by atoms with Gasteiger partial charge in [0.05, 0.1) is 5.75 Å². The Labute approximate surface area is 115 Å². The van der Waals surface area contributed by atoms with Crippen molar-refractivity contribution in [1.29, 1.82) is 0 Å². The van der Waals surface area contributed by atoms with E-state index in [1.807, 2.05) is 0 Å². The molecule has 1 heterocycles. The van der Waals surface area contributed by atoms with Gasteiger partial charge in [0.15, 0.2) is 0 Å². The van der Waals surface area contributed by atoms with Crippen LogP contribution in [-0.4, -0.2) is 41.7 Å². The van der Waals surface area contributed by atoms with E-state index < -0.39 is 10.0 Å². The molecular formula is C8H13Cl2N5O2S. The van der Waals surface area contributed by atoms with Gasteiger partial charge < -0.3 is 5.32 Å². The van der Waals surface area contributed by atoms with Crippen molar-refractivity contribution in [2.75, 3.05) is 17.6 Å². The Morgan fingerprint density at radius 3 is 2.22 bits per heavy atom. The first-order chi connectivity index (χ1) is 8.28. The lowest BCUT2D eigenvalue weighted by molar-refractivity contribution is 0.570. The summed E-state index contributed by atoms with van der Waals surface area (Å²) in [6.45, 7) is 3.63. The Hall–Kier alpha value is -0.700. The molecule has 0 aromatic carbocycles. The summed E-state index contributed by atoms with van der Waals surface area (Å²) >= 11 is 11.1. The van der Waals surface area contributed by atoms with E-state index in [0.29, 0.717) is 0 Å². The second kappa shape index (κ2) is 6.46. The highest BCUT2D eigenvalue weighted by atomic mass is 35.5. The van der Waals surface area contributed by atoms with Crippen molar-refractivity contribution in [2.45, 2.75) is 19.9 Å². The third kappa shape index (κ3) is 5.76. The third-order valence-electron chi connectivity index (χ3n) is 1.65. The minimum Gasteiger partial charge on any atom is -0.353 e. The summed E-state index contributed by atoms with van der Waals surface area (Å²) in [4.78, 5) is 11.1. The topological polar surface area (TPSA) is 96.9 Å². The second-order valence-electron chi connectivity index (χ2n) is 3.72. The molecule has 0 aliphatic heterocycles. The molecule has 1 aromatic rings. The third-order valence-corrected chi connectivity index (χ3v) is 3.56. The fourth-order valence-corrected chi connectivity index (χ4v) is 2.69. The predicted octanol–water partition coefficient (Wildman–Crippen LogP) is 0.918. The highest BCUT2D eigenvalue weighted by molar-refractivity contribution is 7.89. The molecule has 0 aliphatic rings. The average Bonchev–Trinajstić information content (AvgIpc) is 2.12. The van der Waals surface area contributed by atoms with E-state index in [1.165, 1.54) is 0 Å². The number of rotatable bonds is 6. The molecule has 0 fully saturated rings. The van der Waals surface area contributed by atoms with Crippen LogP contribution in [0.4, 0.5) is 5.95 Å². The highest BCUT2D eigenvalue weighted by Crippen LogP contribution is 2.09. The van der Waals surface area contributed by atoms with Crippen LogP contribution < -0.4 is 10.0 Å². The van der Waals surface area contributed by atoms with Crippen LogP contribution in [0, 0.1) is 0 Å². The van der Waals surface area contributed by atoms with E-state index in [4.69, 9.17) is 23.2 Å². The van der Waals surface area contributed by atoms with Crippen LogP contribution in [0.3, 0.4) is 0 Å². The molecule has 0 amide bonds. The van der Waals surface area contributed by atoms with Crippen LogP contribution in [0.5, 0.6) is 0 Å². The molecule has 2 N–H and O–H groups in total. The van der Waals surface area contributed by atoms with Crippen molar-refractivity contribution in [3.8, 4) is 0 Å². The van der Waals surface area contributed by atoms with Gasteiger partial charge in [-0.3, -0.25) is 0 Å². The van der Waals surface area contributed by atoms with Crippen LogP contribution in [0.15, 0.2) is 0 Å². The Morgan fingerprint density at radius 2 is 1.72 bits per heavy atom.